The lowest BCUT2D eigenvalue weighted by atomic mass is 10.2. The normalized spacial score (nSPS) is 19.1. The van der Waals surface area contributed by atoms with Gasteiger partial charge in [-0.25, -0.2) is 0 Å². The Bertz CT molecular complexity index is 567. The molecule has 0 bridgehead atoms. The van der Waals surface area contributed by atoms with Gasteiger partial charge in [0, 0.05) is 17.2 Å². The molecule has 1 aliphatic rings. The Morgan fingerprint density at radius 3 is 2.85 bits per heavy atom. The number of rotatable bonds is 3. The van der Waals surface area contributed by atoms with E-state index in [-0.39, 0.29) is 12.5 Å². The number of carbonyl (C=O) groups excluding carboxylic acids is 3. The summed E-state index contributed by atoms with van der Waals surface area (Å²) in [7, 11) is 0. The second-order valence-electron chi connectivity index (χ2n) is 4.76. The minimum atomic E-state index is -0.649. The monoisotopic (exact) mass is 341 g/mol. The first-order valence-corrected chi connectivity index (χ1v) is 7.23. The summed E-state index contributed by atoms with van der Waals surface area (Å²) in [6.07, 6.45) is 2.71. The Morgan fingerprint density at radius 1 is 1.50 bits per heavy atom. The van der Waals surface area contributed by atoms with Crippen molar-refractivity contribution in [3.05, 3.63) is 22.4 Å². The molecular formula is C13H16BrN3O3. The molecule has 1 aliphatic heterocycles. The molecule has 0 radical (unpaired) electrons. The summed E-state index contributed by atoms with van der Waals surface area (Å²) >= 11 is 3.35. The van der Waals surface area contributed by atoms with Gasteiger partial charge in [0.05, 0.1) is 0 Å². The molecule has 3 amide bonds. The fraction of sp³-hybridized carbons (Fsp3) is 0.462. The highest BCUT2D eigenvalue weighted by molar-refractivity contribution is 9.10. The van der Waals surface area contributed by atoms with E-state index in [1.807, 2.05) is 17.7 Å². The van der Waals surface area contributed by atoms with Crippen LogP contribution in [0.15, 0.2) is 16.7 Å². The van der Waals surface area contributed by atoms with Gasteiger partial charge in [0.25, 0.3) is 5.91 Å². The molecule has 0 spiro atoms. The number of piperazine rings is 1. The van der Waals surface area contributed by atoms with Gasteiger partial charge >= 0.3 is 0 Å². The number of amides is 3. The van der Waals surface area contributed by atoms with Crippen LogP contribution >= 0.6 is 15.9 Å². The Kier molecular flexibility index (Phi) is 4.27. The maximum Gasteiger partial charge on any atom is 0.271 e. The topological polar surface area (TPSA) is 71.4 Å². The highest BCUT2D eigenvalue weighted by Gasteiger charge is 2.35. The molecule has 0 aromatic carbocycles. The van der Waals surface area contributed by atoms with Crippen LogP contribution in [0.5, 0.6) is 0 Å². The first-order valence-electron chi connectivity index (χ1n) is 6.44. The first-order chi connectivity index (χ1) is 9.43. The predicted molar refractivity (Wildman–Crippen MR) is 76.1 cm³/mol. The average Bonchev–Trinajstić information content (AvgIpc) is 2.74. The number of aromatic nitrogens is 1. The van der Waals surface area contributed by atoms with E-state index >= 15 is 0 Å². The van der Waals surface area contributed by atoms with Gasteiger partial charge < -0.3 is 9.47 Å². The zero-order chi connectivity index (χ0) is 14.9. The van der Waals surface area contributed by atoms with E-state index in [0.717, 1.165) is 10.9 Å². The van der Waals surface area contributed by atoms with Crippen LogP contribution in [-0.4, -0.2) is 39.8 Å². The maximum atomic E-state index is 12.6. The van der Waals surface area contributed by atoms with Gasteiger partial charge in [-0.1, -0.05) is 6.92 Å². The van der Waals surface area contributed by atoms with Crippen LogP contribution in [-0.2, 0) is 16.1 Å². The van der Waals surface area contributed by atoms with Crippen molar-refractivity contribution < 1.29 is 14.4 Å². The number of hydrogen-bond acceptors (Lipinski definition) is 3. The van der Waals surface area contributed by atoms with E-state index in [1.54, 1.807) is 13.0 Å². The SMILES string of the molecule is CCCn1cc(Br)cc1C(=O)N1CC(=O)NC(=O)C1C. The van der Waals surface area contributed by atoms with Gasteiger partial charge in [0.2, 0.25) is 11.8 Å². The van der Waals surface area contributed by atoms with Gasteiger partial charge in [-0.15, -0.1) is 0 Å². The second-order valence-corrected chi connectivity index (χ2v) is 5.67. The molecule has 2 heterocycles. The minimum Gasteiger partial charge on any atom is -0.342 e. The summed E-state index contributed by atoms with van der Waals surface area (Å²) < 4.78 is 2.63. The summed E-state index contributed by atoms with van der Waals surface area (Å²) in [5.41, 5.74) is 0.480. The van der Waals surface area contributed by atoms with Crippen LogP contribution in [0.2, 0.25) is 0 Å². The third kappa shape index (κ3) is 2.77. The molecule has 1 aromatic rings. The van der Waals surface area contributed by atoms with Gasteiger partial charge in [-0.2, -0.15) is 0 Å². The van der Waals surface area contributed by atoms with Crippen molar-refractivity contribution in [3.8, 4) is 0 Å². The van der Waals surface area contributed by atoms with Crippen LogP contribution in [0.3, 0.4) is 0 Å². The molecule has 1 N–H and O–H groups in total. The third-order valence-electron chi connectivity index (χ3n) is 3.23. The van der Waals surface area contributed by atoms with E-state index < -0.39 is 17.9 Å². The van der Waals surface area contributed by atoms with Crippen molar-refractivity contribution in [3.63, 3.8) is 0 Å². The summed E-state index contributed by atoms with van der Waals surface area (Å²) in [4.78, 5) is 36.9. The van der Waals surface area contributed by atoms with E-state index in [1.165, 1.54) is 4.90 Å². The van der Waals surface area contributed by atoms with Gasteiger partial charge in [-0.05, 0) is 35.3 Å². The standard InChI is InChI=1S/C13H16BrN3O3/c1-3-4-16-6-9(14)5-10(16)13(20)17-7-11(18)15-12(19)8(17)2/h5-6,8H,3-4,7H2,1-2H3,(H,15,18,19). The largest absolute Gasteiger partial charge is 0.342 e. The predicted octanol–water partition coefficient (Wildman–Crippen LogP) is 1.15. The van der Waals surface area contributed by atoms with Gasteiger partial charge in [0.15, 0.2) is 0 Å². The van der Waals surface area contributed by atoms with Crippen LogP contribution in [0.1, 0.15) is 30.8 Å². The number of carbonyl (C=O) groups is 3. The Hall–Kier alpha value is -1.63. The number of halogens is 1. The van der Waals surface area contributed by atoms with E-state index in [9.17, 15) is 14.4 Å². The van der Waals surface area contributed by atoms with Crippen molar-refractivity contribution in [2.45, 2.75) is 32.9 Å². The average molecular weight is 342 g/mol. The highest BCUT2D eigenvalue weighted by Crippen LogP contribution is 2.19. The highest BCUT2D eigenvalue weighted by atomic mass is 79.9. The summed E-state index contributed by atoms with van der Waals surface area (Å²) in [6, 6.07) is 1.06. The zero-order valence-corrected chi connectivity index (χ0v) is 12.9. The lowest BCUT2D eigenvalue weighted by molar-refractivity contribution is -0.138. The first kappa shape index (κ1) is 14.8. The minimum absolute atomic E-state index is 0.0966. The Morgan fingerprint density at radius 2 is 2.20 bits per heavy atom. The summed E-state index contributed by atoms with van der Waals surface area (Å²) in [5, 5.41) is 2.22. The van der Waals surface area contributed by atoms with Crippen molar-refractivity contribution in [1.29, 1.82) is 0 Å². The quantitative estimate of drug-likeness (QED) is 0.838. The number of nitrogens with zero attached hydrogens (tertiary/aromatic N) is 2. The lowest BCUT2D eigenvalue weighted by Gasteiger charge is -2.31. The summed E-state index contributed by atoms with van der Waals surface area (Å²) in [6.45, 7) is 4.24. The number of nitrogens with one attached hydrogen (secondary N) is 1. The molecule has 1 fully saturated rings. The smallest absolute Gasteiger partial charge is 0.271 e. The molecule has 1 saturated heterocycles. The lowest BCUT2D eigenvalue weighted by Crippen LogP contribution is -2.58. The van der Waals surface area contributed by atoms with Gasteiger partial charge in [0.1, 0.15) is 18.3 Å². The molecule has 6 nitrogen and oxygen atoms in total. The molecule has 108 valence electrons. The molecule has 7 heteroatoms. The fourth-order valence-corrected chi connectivity index (χ4v) is 2.65. The van der Waals surface area contributed by atoms with Crippen LogP contribution in [0.25, 0.3) is 0 Å². The van der Waals surface area contributed by atoms with Crippen molar-refractivity contribution >= 4 is 33.7 Å². The van der Waals surface area contributed by atoms with E-state index in [4.69, 9.17) is 0 Å². The third-order valence-corrected chi connectivity index (χ3v) is 3.66. The van der Waals surface area contributed by atoms with Crippen LogP contribution < -0.4 is 5.32 Å². The number of aryl methyl sites for hydroxylation is 1. The van der Waals surface area contributed by atoms with Crippen molar-refractivity contribution in [2.75, 3.05) is 6.54 Å². The number of hydrogen-bond donors (Lipinski definition) is 1. The zero-order valence-electron chi connectivity index (χ0n) is 11.4. The van der Waals surface area contributed by atoms with Crippen molar-refractivity contribution in [2.24, 2.45) is 0 Å². The molecule has 2 rings (SSSR count). The maximum absolute atomic E-state index is 12.6. The van der Waals surface area contributed by atoms with E-state index in [0.29, 0.717) is 12.2 Å². The summed E-state index contributed by atoms with van der Waals surface area (Å²) in [5.74, 6) is -1.20. The molecule has 20 heavy (non-hydrogen) atoms. The molecule has 1 unspecified atom stereocenters. The Labute approximate surface area is 125 Å². The molecule has 0 aliphatic carbocycles. The van der Waals surface area contributed by atoms with E-state index in [2.05, 4.69) is 21.2 Å². The molecule has 0 saturated carbocycles. The van der Waals surface area contributed by atoms with Crippen LogP contribution in [0, 0.1) is 0 Å². The fourth-order valence-electron chi connectivity index (χ4n) is 2.19. The second kappa shape index (κ2) is 5.78. The van der Waals surface area contributed by atoms with Crippen LogP contribution in [0.4, 0.5) is 0 Å². The Balaban J connectivity index is 2.30. The molecular weight excluding hydrogens is 326 g/mol. The van der Waals surface area contributed by atoms with Crippen molar-refractivity contribution in [1.82, 2.24) is 14.8 Å². The molecule has 1 aromatic heterocycles. The molecule has 1 atom stereocenters. The van der Waals surface area contributed by atoms with Gasteiger partial charge in [-0.3, -0.25) is 19.7 Å². The number of imide groups is 1.